The van der Waals surface area contributed by atoms with E-state index in [-0.39, 0.29) is 11.6 Å². The molecule has 0 spiro atoms. The zero-order valence-electron chi connectivity index (χ0n) is 6.94. The van der Waals surface area contributed by atoms with Gasteiger partial charge in [-0.25, -0.2) is 0 Å². The molecule has 0 saturated carbocycles. The van der Waals surface area contributed by atoms with Crippen LogP contribution in [0.15, 0.2) is 27.7 Å². The molecule has 0 radical (unpaired) electrons. The Morgan fingerprint density at radius 3 is 1.86 bits per heavy atom. The van der Waals surface area contributed by atoms with E-state index in [1.807, 2.05) is 0 Å². The number of fused-ring (bicyclic) bond motifs is 2. The van der Waals surface area contributed by atoms with Gasteiger partial charge in [0.15, 0.2) is 11.6 Å². The Morgan fingerprint density at radius 2 is 1.36 bits per heavy atom. The standard InChI is InChI=1S/C10H4O3S/c11-9-5-1-13-2-6(5)10(12)8-4-14-3-7(8)9/h1-4H. The molecule has 0 aliphatic heterocycles. The highest BCUT2D eigenvalue weighted by atomic mass is 32.1. The van der Waals surface area contributed by atoms with Crippen molar-refractivity contribution in [3.8, 4) is 0 Å². The average molecular weight is 204 g/mol. The fourth-order valence-electron chi connectivity index (χ4n) is 1.59. The van der Waals surface area contributed by atoms with Crippen LogP contribution in [0.2, 0.25) is 0 Å². The highest BCUT2D eigenvalue weighted by Gasteiger charge is 2.31. The minimum absolute atomic E-state index is 0.121. The predicted octanol–water partition coefficient (Wildman–Crippen LogP) is 2.12. The van der Waals surface area contributed by atoms with Crippen LogP contribution >= 0.6 is 11.3 Å². The van der Waals surface area contributed by atoms with Gasteiger partial charge in [0.1, 0.15) is 12.5 Å². The summed E-state index contributed by atoms with van der Waals surface area (Å²) in [6.07, 6.45) is 2.66. The van der Waals surface area contributed by atoms with Crippen molar-refractivity contribution >= 4 is 22.9 Å². The summed E-state index contributed by atoms with van der Waals surface area (Å²) < 4.78 is 4.87. The molecule has 3 nitrogen and oxygen atoms in total. The van der Waals surface area contributed by atoms with Gasteiger partial charge < -0.3 is 4.42 Å². The Hall–Kier alpha value is -1.68. The van der Waals surface area contributed by atoms with E-state index < -0.39 is 0 Å². The Labute approximate surface area is 83.0 Å². The van der Waals surface area contributed by atoms with Crippen LogP contribution in [0.25, 0.3) is 0 Å². The number of carbonyl (C=O) groups is 2. The Bertz CT molecular complexity index is 456. The molecule has 2 aromatic heterocycles. The molecular weight excluding hydrogens is 200 g/mol. The molecule has 3 rings (SSSR count). The van der Waals surface area contributed by atoms with Gasteiger partial charge in [-0.15, -0.1) is 0 Å². The molecular formula is C10H4O3S. The van der Waals surface area contributed by atoms with E-state index in [2.05, 4.69) is 0 Å². The van der Waals surface area contributed by atoms with Gasteiger partial charge in [-0.1, -0.05) is 0 Å². The number of furan rings is 1. The number of thiophene rings is 1. The van der Waals surface area contributed by atoms with E-state index in [9.17, 15) is 9.59 Å². The molecule has 0 aromatic carbocycles. The van der Waals surface area contributed by atoms with Gasteiger partial charge >= 0.3 is 0 Å². The first kappa shape index (κ1) is 7.70. The van der Waals surface area contributed by atoms with Crippen LogP contribution in [-0.2, 0) is 0 Å². The molecule has 0 fully saturated rings. The highest BCUT2D eigenvalue weighted by Crippen LogP contribution is 2.29. The summed E-state index contributed by atoms with van der Waals surface area (Å²) in [5, 5.41) is 3.40. The van der Waals surface area contributed by atoms with Crippen molar-refractivity contribution in [2.24, 2.45) is 0 Å². The van der Waals surface area contributed by atoms with Crippen LogP contribution in [-0.4, -0.2) is 11.6 Å². The van der Waals surface area contributed by atoms with Crippen LogP contribution < -0.4 is 0 Å². The number of hydrogen-bond acceptors (Lipinski definition) is 4. The average Bonchev–Trinajstić information content (AvgIpc) is 2.82. The Kier molecular flexibility index (Phi) is 1.33. The highest BCUT2D eigenvalue weighted by molar-refractivity contribution is 7.08. The summed E-state index contributed by atoms with van der Waals surface area (Å²) in [6.45, 7) is 0. The first-order valence-electron chi connectivity index (χ1n) is 4.01. The van der Waals surface area contributed by atoms with Crippen molar-refractivity contribution in [1.29, 1.82) is 0 Å². The molecule has 2 heterocycles. The monoisotopic (exact) mass is 204 g/mol. The number of carbonyl (C=O) groups excluding carboxylic acids is 2. The lowest BCUT2D eigenvalue weighted by molar-refractivity contribution is 0.0981. The maximum Gasteiger partial charge on any atom is 0.198 e. The van der Waals surface area contributed by atoms with Crippen LogP contribution in [0.5, 0.6) is 0 Å². The maximum atomic E-state index is 11.8. The molecule has 1 aliphatic rings. The summed E-state index contributed by atoms with van der Waals surface area (Å²) in [5.74, 6) is -0.241. The minimum atomic E-state index is -0.121. The van der Waals surface area contributed by atoms with E-state index >= 15 is 0 Å². The number of hydrogen-bond donors (Lipinski definition) is 0. The second kappa shape index (κ2) is 2.42. The van der Waals surface area contributed by atoms with Crippen molar-refractivity contribution in [2.75, 3.05) is 0 Å². The molecule has 0 amide bonds. The van der Waals surface area contributed by atoms with E-state index in [0.29, 0.717) is 22.3 Å². The fourth-order valence-corrected chi connectivity index (χ4v) is 2.40. The largest absolute Gasteiger partial charge is 0.471 e. The van der Waals surface area contributed by atoms with Crippen molar-refractivity contribution in [3.63, 3.8) is 0 Å². The van der Waals surface area contributed by atoms with E-state index in [4.69, 9.17) is 4.42 Å². The maximum absolute atomic E-state index is 11.8. The van der Waals surface area contributed by atoms with Crippen molar-refractivity contribution < 1.29 is 14.0 Å². The molecule has 0 saturated heterocycles. The normalized spacial score (nSPS) is 14.0. The van der Waals surface area contributed by atoms with Crippen LogP contribution in [0.4, 0.5) is 0 Å². The lowest BCUT2D eigenvalue weighted by Crippen LogP contribution is -2.16. The zero-order chi connectivity index (χ0) is 9.71. The van der Waals surface area contributed by atoms with E-state index in [1.165, 1.54) is 23.9 Å². The third kappa shape index (κ3) is 0.761. The first-order valence-corrected chi connectivity index (χ1v) is 4.95. The van der Waals surface area contributed by atoms with Gasteiger partial charge in [0, 0.05) is 21.9 Å². The van der Waals surface area contributed by atoms with Gasteiger partial charge in [0.05, 0.1) is 11.1 Å². The zero-order valence-corrected chi connectivity index (χ0v) is 7.76. The van der Waals surface area contributed by atoms with Gasteiger partial charge in [-0.3, -0.25) is 9.59 Å². The summed E-state index contributed by atoms with van der Waals surface area (Å²) >= 11 is 1.36. The Balaban J connectivity index is 2.37. The summed E-state index contributed by atoms with van der Waals surface area (Å²) in [7, 11) is 0. The topological polar surface area (TPSA) is 47.3 Å². The van der Waals surface area contributed by atoms with Crippen molar-refractivity contribution in [2.45, 2.75) is 0 Å². The second-order valence-corrected chi connectivity index (χ2v) is 3.80. The van der Waals surface area contributed by atoms with Gasteiger partial charge in [-0.2, -0.15) is 11.3 Å². The molecule has 0 unspecified atom stereocenters. The van der Waals surface area contributed by atoms with Gasteiger partial charge in [0.25, 0.3) is 0 Å². The number of rotatable bonds is 0. The van der Waals surface area contributed by atoms with E-state index in [1.54, 1.807) is 10.8 Å². The molecule has 0 atom stereocenters. The summed E-state index contributed by atoms with van der Waals surface area (Å²) in [4.78, 5) is 23.5. The molecule has 2 aromatic rings. The quantitative estimate of drug-likeness (QED) is 0.563. The molecule has 1 aliphatic carbocycles. The van der Waals surface area contributed by atoms with Gasteiger partial charge in [-0.05, 0) is 0 Å². The first-order chi connectivity index (χ1) is 6.79. The minimum Gasteiger partial charge on any atom is -0.471 e. The van der Waals surface area contributed by atoms with E-state index in [0.717, 1.165) is 0 Å². The van der Waals surface area contributed by atoms with Crippen LogP contribution in [0, 0.1) is 0 Å². The Morgan fingerprint density at radius 1 is 0.857 bits per heavy atom. The van der Waals surface area contributed by atoms with Crippen LogP contribution in [0.1, 0.15) is 31.8 Å². The smallest absolute Gasteiger partial charge is 0.198 e. The molecule has 0 bridgehead atoms. The lowest BCUT2D eigenvalue weighted by atomic mass is 9.90. The third-order valence-electron chi connectivity index (χ3n) is 2.30. The summed E-state index contributed by atoms with van der Waals surface area (Å²) in [6, 6.07) is 0. The third-order valence-corrected chi connectivity index (χ3v) is 3.05. The van der Waals surface area contributed by atoms with Crippen molar-refractivity contribution in [1.82, 2.24) is 0 Å². The summed E-state index contributed by atoms with van der Waals surface area (Å²) in [5.41, 5.74) is 1.74. The van der Waals surface area contributed by atoms with Crippen molar-refractivity contribution in [3.05, 3.63) is 45.5 Å². The molecule has 0 N–H and O–H groups in total. The number of ketones is 2. The second-order valence-electron chi connectivity index (χ2n) is 3.06. The fraction of sp³-hybridized carbons (Fsp3) is 0. The molecule has 68 valence electrons. The van der Waals surface area contributed by atoms with Crippen LogP contribution in [0.3, 0.4) is 0 Å². The molecule has 14 heavy (non-hydrogen) atoms. The molecule has 4 heteroatoms. The SMILES string of the molecule is O=C1c2cocc2C(=O)c2cscc21. The lowest BCUT2D eigenvalue weighted by Gasteiger charge is -2.07. The predicted molar refractivity (Wildman–Crippen MR) is 49.9 cm³/mol. The van der Waals surface area contributed by atoms with Gasteiger partial charge in [0.2, 0.25) is 0 Å².